The molecule has 92 valence electrons. The van der Waals surface area contributed by atoms with Crippen molar-refractivity contribution >= 4 is 37.4 Å². The van der Waals surface area contributed by atoms with E-state index in [1.54, 1.807) is 0 Å². The van der Waals surface area contributed by atoms with Crippen LogP contribution in [0.3, 0.4) is 0 Å². The molecule has 1 aromatic carbocycles. The van der Waals surface area contributed by atoms with Crippen LogP contribution in [0.1, 0.15) is 24.3 Å². The summed E-state index contributed by atoms with van der Waals surface area (Å²) < 4.78 is 2.60. The van der Waals surface area contributed by atoms with Crippen LogP contribution in [0.25, 0.3) is 10.1 Å². The van der Waals surface area contributed by atoms with E-state index in [-0.39, 0.29) is 0 Å². The van der Waals surface area contributed by atoms with Crippen molar-refractivity contribution in [1.29, 1.82) is 0 Å². The molecule has 0 spiro atoms. The summed E-state index contributed by atoms with van der Waals surface area (Å²) >= 11 is 5.56. The zero-order chi connectivity index (χ0) is 12.4. The van der Waals surface area contributed by atoms with Gasteiger partial charge in [-0.2, -0.15) is 0 Å². The van der Waals surface area contributed by atoms with Gasteiger partial charge in [-0.05, 0) is 52.3 Å². The Labute approximate surface area is 115 Å². The first-order valence-corrected chi connectivity index (χ1v) is 7.57. The zero-order valence-electron chi connectivity index (χ0n) is 10.5. The monoisotopic (exact) mass is 311 g/mol. The predicted molar refractivity (Wildman–Crippen MR) is 80.8 cm³/mol. The van der Waals surface area contributed by atoms with Gasteiger partial charge in [0.1, 0.15) is 0 Å². The third-order valence-electron chi connectivity index (χ3n) is 2.80. The minimum atomic E-state index is 0.697. The molecule has 1 N–H and O–H groups in total. The first-order valence-electron chi connectivity index (χ1n) is 5.96. The fourth-order valence-corrected chi connectivity index (χ4v) is 3.98. The topological polar surface area (TPSA) is 12.0 Å². The van der Waals surface area contributed by atoms with Crippen molar-refractivity contribution in [2.45, 2.75) is 26.8 Å². The van der Waals surface area contributed by atoms with E-state index in [2.05, 4.69) is 53.3 Å². The van der Waals surface area contributed by atoms with Crippen molar-refractivity contribution in [2.24, 2.45) is 5.92 Å². The van der Waals surface area contributed by atoms with Gasteiger partial charge < -0.3 is 5.32 Å². The lowest BCUT2D eigenvalue weighted by Gasteiger charge is -2.07. The third-order valence-corrected chi connectivity index (χ3v) is 5.01. The van der Waals surface area contributed by atoms with Gasteiger partial charge in [0.05, 0.1) is 0 Å². The maximum absolute atomic E-state index is 3.65. The molecule has 1 heterocycles. The van der Waals surface area contributed by atoms with Crippen LogP contribution >= 0.6 is 27.3 Å². The Morgan fingerprint density at radius 3 is 2.76 bits per heavy atom. The highest BCUT2D eigenvalue weighted by Gasteiger charge is 2.14. The van der Waals surface area contributed by atoms with Gasteiger partial charge >= 0.3 is 0 Å². The molecule has 0 aliphatic heterocycles. The van der Waals surface area contributed by atoms with Gasteiger partial charge in [0.15, 0.2) is 0 Å². The van der Waals surface area contributed by atoms with E-state index in [1.165, 1.54) is 25.0 Å². The van der Waals surface area contributed by atoms with Crippen molar-refractivity contribution in [3.63, 3.8) is 0 Å². The van der Waals surface area contributed by atoms with Crippen molar-refractivity contribution < 1.29 is 0 Å². The van der Waals surface area contributed by atoms with Crippen molar-refractivity contribution in [3.05, 3.63) is 33.1 Å². The molecule has 0 bridgehead atoms. The van der Waals surface area contributed by atoms with Crippen molar-refractivity contribution in [3.8, 4) is 0 Å². The molecule has 0 saturated heterocycles. The number of hydrogen-bond acceptors (Lipinski definition) is 2. The van der Waals surface area contributed by atoms with E-state index in [1.807, 2.05) is 18.4 Å². The summed E-state index contributed by atoms with van der Waals surface area (Å²) in [6.07, 6.45) is 1.16. The summed E-state index contributed by atoms with van der Waals surface area (Å²) in [5.74, 6) is 0.697. The Morgan fingerprint density at radius 2 is 2.12 bits per heavy atom. The average Bonchev–Trinajstić information content (AvgIpc) is 2.59. The number of benzene rings is 1. The zero-order valence-corrected chi connectivity index (χ0v) is 12.9. The molecule has 2 aromatic rings. The van der Waals surface area contributed by atoms with Crippen molar-refractivity contribution in [2.75, 3.05) is 7.05 Å². The highest BCUT2D eigenvalue weighted by Crippen LogP contribution is 2.37. The van der Waals surface area contributed by atoms with E-state index < -0.39 is 0 Å². The lowest BCUT2D eigenvalue weighted by Crippen LogP contribution is -2.06. The summed E-state index contributed by atoms with van der Waals surface area (Å²) in [7, 11) is 2.01. The molecule has 0 aliphatic carbocycles. The molecule has 1 aromatic heterocycles. The largest absolute Gasteiger partial charge is 0.315 e. The summed E-state index contributed by atoms with van der Waals surface area (Å²) in [5, 5.41) is 4.69. The molecule has 0 saturated carbocycles. The Morgan fingerprint density at radius 1 is 1.35 bits per heavy atom. The van der Waals surface area contributed by atoms with Gasteiger partial charge in [0.2, 0.25) is 0 Å². The molecule has 0 fully saturated rings. The van der Waals surface area contributed by atoms with Crippen LogP contribution in [0.5, 0.6) is 0 Å². The van der Waals surface area contributed by atoms with Gasteiger partial charge in [-0.3, -0.25) is 0 Å². The summed E-state index contributed by atoms with van der Waals surface area (Å²) in [6.45, 7) is 5.53. The smallest absolute Gasteiger partial charge is 0.0491 e. The Hall–Kier alpha value is -0.380. The van der Waals surface area contributed by atoms with Gasteiger partial charge in [-0.25, -0.2) is 0 Å². The molecule has 0 atom stereocenters. The number of thiophene rings is 1. The Bertz CT molecular complexity index is 516. The number of fused-ring (bicyclic) bond motifs is 1. The number of hydrogen-bond donors (Lipinski definition) is 1. The fourth-order valence-electron chi connectivity index (χ4n) is 2.12. The molecule has 0 amide bonds. The maximum atomic E-state index is 3.65. The van der Waals surface area contributed by atoms with E-state index >= 15 is 0 Å². The maximum Gasteiger partial charge on any atom is 0.0491 e. The van der Waals surface area contributed by atoms with Gasteiger partial charge in [-0.1, -0.05) is 26.0 Å². The molecule has 1 nitrogen and oxygen atoms in total. The average molecular weight is 312 g/mol. The second kappa shape index (κ2) is 5.51. The second-order valence-corrected chi connectivity index (χ2v) is 6.71. The van der Waals surface area contributed by atoms with E-state index in [0.29, 0.717) is 5.92 Å². The second-order valence-electron chi connectivity index (χ2n) is 4.75. The molecule has 17 heavy (non-hydrogen) atoms. The van der Waals surface area contributed by atoms with Crippen LogP contribution < -0.4 is 5.32 Å². The lowest BCUT2D eigenvalue weighted by molar-refractivity contribution is 0.645. The van der Waals surface area contributed by atoms with Crippen LogP contribution in [0.4, 0.5) is 0 Å². The number of nitrogens with one attached hydrogen (secondary N) is 1. The summed E-state index contributed by atoms with van der Waals surface area (Å²) in [6, 6.07) is 6.50. The highest BCUT2D eigenvalue weighted by atomic mass is 79.9. The van der Waals surface area contributed by atoms with Gasteiger partial charge in [0.25, 0.3) is 0 Å². The van der Waals surface area contributed by atoms with Crippen LogP contribution in [0, 0.1) is 5.92 Å². The number of rotatable bonds is 4. The minimum Gasteiger partial charge on any atom is -0.315 e. The van der Waals surface area contributed by atoms with E-state index in [9.17, 15) is 0 Å². The summed E-state index contributed by atoms with van der Waals surface area (Å²) in [5.41, 5.74) is 1.52. The van der Waals surface area contributed by atoms with Crippen molar-refractivity contribution in [1.82, 2.24) is 5.32 Å². The van der Waals surface area contributed by atoms with E-state index in [4.69, 9.17) is 0 Å². The van der Waals surface area contributed by atoms with Crippen LogP contribution in [0.2, 0.25) is 0 Å². The number of halogens is 1. The minimum absolute atomic E-state index is 0.697. The summed E-state index contributed by atoms with van der Waals surface area (Å²) in [4.78, 5) is 1.48. The van der Waals surface area contributed by atoms with Crippen LogP contribution in [-0.4, -0.2) is 7.05 Å². The molecular weight excluding hydrogens is 294 g/mol. The molecule has 0 unspecified atom stereocenters. The first kappa shape index (κ1) is 13.1. The lowest BCUT2D eigenvalue weighted by atomic mass is 10.00. The normalized spacial score (nSPS) is 11.6. The first-order chi connectivity index (χ1) is 8.13. The molecular formula is C14H18BrNS. The highest BCUT2D eigenvalue weighted by molar-refractivity contribution is 9.10. The third kappa shape index (κ3) is 2.72. The standard InChI is InChI=1S/C14H18BrNS/c1-9(2)7-11-10-5-4-6-12(15)14(10)17-13(11)8-16-3/h4-6,9,16H,7-8H2,1-3H3. The molecule has 0 radical (unpaired) electrons. The molecule has 3 heteroatoms. The fraction of sp³-hybridized carbons (Fsp3) is 0.429. The quantitative estimate of drug-likeness (QED) is 0.871. The SMILES string of the molecule is CNCc1sc2c(Br)cccc2c1CC(C)C. The van der Waals surface area contributed by atoms with Gasteiger partial charge in [0, 0.05) is 20.6 Å². The Kier molecular flexibility index (Phi) is 4.23. The molecule has 2 rings (SSSR count). The van der Waals surface area contributed by atoms with Gasteiger partial charge in [-0.15, -0.1) is 11.3 Å². The van der Waals surface area contributed by atoms with Crippen LogP contribution in [0.15, 0.2) is 22.7 Å². The Balaban J connectivity index is 2.58. The van der Waals surface area contributed by atoms with Crippen LogP contribution in [-0.2, 0) is 13.0 Å². The molecule has 0 aliphatic rings. The van der Waals surface area contributed by atoms with E-state index in [0.717, 1.165) is 13.0 Å². The predicted octanol–water partition coefficient (Wildman–Crippen LogP) is 4.58.